The number of likely N-dealkylation sites (tertiary alicyclic amines) is 1. The van der Waals surface area contributed by atoms with Gasteiger partial charge in [0.25, 0.3) is 5.91 Å². The van der Waals surface area contributed by atoms with Gasteiger partial charge in [-0.3, -0.25) is 14.5 Å². The maximum Gasteiger partial charge on any atom is 0.411 e. The van der Waals surface area contributed by atoms with Gasteiger partial charge < -0.3 is 20.5 Å². The Kier molecular flexibility index (Phi) is 4.41. The van der Waals surface area contributed by atoms with Gasteiger partial charge in [0.1, 0.15) is 16.7 Å². The van der Waals surface area contributed by atoms with Crippen LogP contribution in [0.5, 0.6) is 5.75 Å². The summed E-state index contributed by atoms with van der Waals surface area (Å²) in [6, 6.07) is -1.15. The maximum atomic E-state index is 13.7. The fraction of sp³-hybridized carbons (Fsp3) is 0.500. The van der Waals surface area contributed by atoms with Crippen LogP contribution in [0.2, 0.25) is 5.02 Å². The second-order valence-corrected chi connectivity index (χ2v) is 7.76. The Labute approximate surface area is 158 Å². The fourth-order valence-electron chi connectivity index (χ4n) is 2.97. The summed E-state index contributed by atoms with van der Waals surface area (Å²) in [5, 5.41) is 2.10. The van der Waals surface area contributed by atoms with Crippen molar-refractivity contribution >= 4 is 35.3 Å². The summed E-state index contributed by atoms with van der Waals surface area (Å²) in [6.07, 6.45) is -0.218. The van der Waals surface area contributed by atoms with E-state index < -0.39 is 41.0 Å². The molecule has 146 valence electrons. The number of nitrogens with one attached hydrogen (secondary N) is 1. The summed E-state index contributed by atoms with van der Waals surface area (Å²) >= 11 is 5.92. The van der Waals surface area contributed by atoms with Crippen LogP contribution in [-0.2, 0) is 14.3 Å². The van der Waals surface area contributed by atoms with Crippen LogP contribution in [0.15, 0.2) is 6.20 Å². The molecule has 2 aliphatic rings. The van der Waals surface area contributed by atoms with E-state index in [4.69, 9.17) is 26.8 Å². The summed E-state index contributed by atoms with van der Waals surface area (Å²) in [6.45, 7) is 4.65. The van der Waals surface area contributed by atoms with E-state index in [2.05, 4.69) is 10.3 Å². The Morgan fingerprint density at radius 1 is 1.52 bits per heavy atom. The molecule has 2 atom stereocenters. The van der Waals surface area contributed by atoms with Crippen LogP contribution in [0.4, 0.5) is 15.0 Å². The number of halogens is 2. The van der Waals surface area contributed by atoms with Gasteiger partial charge in [0.15, 0.2) is 17.4 Å². The number of hydrogen-bond acceptors (Lipinski definition) is 6. The average molecular weight is 401 g/mol. The minimum Gasteiger partial charge on any atom is -0.470 e. The highest BCUT2D eigenvalue weighted by Gasteiger charge is 2.58. The van der Waals surface area contributed by atoms with Gasteiger partial charge in [-0.1, -0.05) is 11.6 Å². The van der Waals surface area contributed by atoms with Crippen molar-refractivity contribution in [3.63, 3.8) is 0 Å². The molecule has 1 aromatic heterocycles. The van der Waals surface area contributed by atoms with Gasteiger partial charge in [-0.15, -0.1) is 0 Å². The Morgan fingerprint density at radius 3 is 2.78 bits per heavy atom. The summed E-state index contributed by atoms with van der Waals surface area (Å²) in [4.78, 5) is 41.8. The number of amides is 3. The second kappa shape index (κ2) is 6.22. The molecule has 0 radical (unpaired) electrons. The molecule has 1 fully saturated rings. The lowest BCUT2D eigenvalue weighted by atomic mass is 9.97. The summed E-state index contributed by atoms with van der Waals surface area (Å²) in [5.74, 6) is -2.55. The van der Waals surface area contributed by atoms with E-state index in [1.807, 2.05) is 0 Å². The average Bonchev–Trinajstić information content (AvgIpc) is 2.93. The molecule has 3 amide bonds. The Bertz CT molecular complexity index is 843. The third kappa shape index (κ3) is 3.36. The number of nitrogens with two attached hydrogens (primary N) is 1. The minimum absolute atomic E-state index is 0.0524. The molecule has 27 heavy (non-hydrogen) atoms. The molecule has 11 heteroatoms. The Hall–Kier alpha value is -2.62. The van der Waals surface area contributed by atoms with Gasteiger partial charge in [-0.2, -0.15) is 0 Å². The molecule has 0 saturated carbocycles. The molecular formula is C16H18ClFN4O5. The SMILES string of the molecule is CC(C)(C)OC(=O)N1C[C@@]2(C[C@H]1C(N)=O)Oc1c(ncc(F)c1Cl)NC2=O. The second-order valence-electron chi connectivity index (χ2n) is 7.38. The van der Waals surface area contributed by atoms with Crippen molar-refractivity contribution in [2.45, 2.75) is 44.4 Å². The molecule has 9 nitrogen and oxygen atoms in total. The van der Waals surface area contributed by atoms with E-state index in [9.17, 15) is 18.8 Å². The molecule has 0 aliphatic carbocycles. The van der Waals surface area contributed by atoms with Crippen molar-refractivity contribution in [2.75, 3.05) is 11.9 Å². The van der Waals surface area contributed by atoms with E-state index in [0.717, 1.165) is 11.1 Å². The summed E-state index contributed by atoms with van der Waals surface area (Å²) < 4.78 is 24.7. The zero-order chi connectivity index (χ0) is 20.1. The van der Waals surface area contributed by atoms with Crippen LogP contribution >= 0.6 is 11.6 Å². The van der Waals surface area contributed by atoms with E-state index in [0.29, 0.717) is 0 Å². The molecule has 2 aliphatic heterocycles. The van der Waals surface area contributed by atoms with E-state index in [1.54, 1.807) is 20.8 Å². The number of nitrogens with zero attached hydrogens (tertiary/aromatic N) is 2. The summed E-state index contributed by atoms with van der Waals surface area (Å²) in [5.41, 5.74) is 2.90. The number of fused-ring (bicyclic) bond motifs is 1. The first-order valence-corrected chi connectivity index (χ1v) is 8.45. The Balaban J connectivity index is 1.96. The van der Waals surface area contributed by atoms with Crippen molar-refractivity contribution < 1.29 is 28.2 Å². The normalized spacial score (nSPS) is 24.3. The monoisotopic (exact) mass is 400 g/mol. The van der Waals surface area contributed by atoms with Crippen molar-refractivity contribution in [2.24, 2.45) is 5.73 Å². The third-order valence-corrected chi connectivity index (χ3v) is 4.51. The van der Waals surface area contributed by atoms with Crippen molar-refractivity contribution in [1.82, 2.24) is 9.88 Å². The molecular weight excluding hydrogens is 383 g/mol. The topological polar surface area (TPSA) is 124 Å². The van der Waals surface area contributed by atoms with Crippen LogP contribution in [0.25, 0.3) is 0 Å². The number of anilines is 1. The van der Waals surface area contributed by atoms with Crippen molar-refractivity contribution in [1.29, 1.82) is 0 Å². The number of primary amides is 1. The lowest BCUT2D eigenvalue weighted by molar-refractivity contribution is -0.131. The lowest BCUT2D eigenvalue weighted by Crippen LogP contribution is -2.53. The lowest BCUT2D eigenvalue weighted by Gasteiger charge is -2.34. The number of carbonyl (C=O) groups is 3. The number of pyridine rings is 1. The standard InChI is InChI=1S/C16H18ClFN4O5/c1-15(2,3)27-14(25)22-6-16(4-8(22)11(19)23)13(24)21-12-10(26-16)9(17)7(18)5-20-12/h5,8H,4,6H2,1-3H3,(H2,19,23)(H,20,21,24)/t8-,16+/m0/s1. The molecule has 0 bridgehead atoms. The number of hydrogen-bond donors (Lipinski definition) is 2. The first-order chi connectivity index (χ1) is 12.4. The quantitative estimate of drug-likeness (QED) is 0.735. The number of ether oxygens (including phenoxy) is 2. The number of carbonyl (C=O) groups excluding carboxylic acids is 3. The predicted molar refractivity (Wildman–Crippen MR) is 91.7 cm³/mol. The molecule has 0 aromatic carbocycles. The molecule has 0 unspecified atom stereocenters. The molecule has 1 saturated heterocycles. The molecule has 3 rings (SSSR count). The van der Waals surface area contributed by atoms with E-state index in [1.165, 1.54) is 0 Å². The maximum absolute atomic E-state index is 13.7. The van der Waals surface area contributed by atoms with E-state index in [-0.39, 0.29) is 29.6 Å². The zero-order valence-electron chi connectivity index (χ0n) is 14.8. The van der Waals surface area contributed by atoms with Gasteiger partial charge in [-0.25, -0.2) is 14.2 Å². The van der Waals surface area contributed by atoms with Gasteiger partial charge in [0, 0.05) is 6.42 Å². The molecule has 3 N–H and O–H groups in total. The van der Waals surface area contributed by atoms with Crippen LogP contribution in [0, 0.1) is 5.82 Å². The minimum atomic E-state index is -1.68. The highest BCUT2D eigenvalue weighted by molar-refractivity contribution is 6.32. The summed E-state index contributed by atoms with van der Waals surface area (Å²) in [7, 11) is 0. The molecule has 1 aromatic rings. The Morgan fingerprint density at radius 2 is 2.19 bits per heavy atom. The van der Waals surface area contributed by atoms with Crippen LogP contribution in [0.1, 0.15) is 27.2 Å². The van der Waals surface area contributed by atoms with Crippen LogP contribution in [0.3, 0.4) is 0 Å². The largest absolute Gasteiger partial charge is 0.470 e. The fourth-order valence-corrected chi connectivity index (χ4v) is 3.15. The van der Waals surface area contributed by atoms with Crippen LogP contribution in [-0.4, -0.2) is 51.6 Å². The predicted octanol–water partition coefficient (Wildman–Crippen LogP) is 1.44. The van der Waals surface area contributed by atoms with Gasteiger partial charge in [0.2, 0.25) is 11.5 Å². The van der Waals surface area contributed by atoms with Gasteiger partial charge in [-0.05, 0) is 20.8 Å². The van der Waals surface area contributed by atoms with Gasteiger partial charge >= 0.3 is 6.09 Å². The number of rotatable bonds is 1. The zero-order valence-corrected chi connectivity index (χ0v) is 15.6. The number of aromatic nitrogens is 1. The first-order valence-electron chi connectivity index (χ1n) is 8.07. The third-order valence-electron chi connectivity index (χ3n) is 4.16. The first kappa shape index (κ1) is 19.2. The molecule has 1 spiro atoms. The molecule has 3 heterocycles. The van der Waals surface area contributed by atoms with Gasteiger partial charge in [0.05, 0.1) is 12.7 Å². The highest BCUT2D eigenvalue weighted by atomic mass is 35.5. The van der Waals surface area contributed by atoms with Crippen molar-refractivity contribution in [3.05, 3.63) is 17.0 Å². The van der Waals surface area contributed by atoms with E-state index >= 15 is 0 Å². The van der Waals surface area contributed by atoms with Crippen LogP contribution < -0.4 is 15.8 Å². The highest BCUT2D eigenvalue weighted by Crippen LogP contribution is 2.43. The van der Waals surface area contributed by atoms with Crippen molar-refractivity contribution in [3.8, 4) is 5.75 Å². The smallest absolute Gasteiger partial charge is 0.411 e.